The van der Waals surface area contributed by atoms with Crippen molar-refractivity contribution in [2.75, 3.05) is 24.4 Å². The molecule has 0 aliphatic rings. The van der Waals surface area contributed by atoms with Crippen LogP contribution in [-0.4, -0.2) is 37.4 Å². The first-order chi connectivity index (χ1) is 14.5. The highest BCUT2D eigenvalue weighted by atomic mass is 79.9. The van der Waals surface area contributed by atoms with Gasteiger partial charge in [-0.2, -0.15) is 0 Å². The van der Waals surface area contributed by atoms with Crippen LogP contribution in [0.25, 0.3) is 0 Å². The van der Waals surface area contributed by atoms with Crippen molar-refractivity contribution in [1.29, 1.82) is 0 Å². The SMILES string of the molecule is COC(=O)c1ccc(CN(C(=O)CCCCCBr)c2ccc(C(=O)OC)cc2)cc1. The number of esters is 2. The monoisotopic (exact) mass is 475 g/mol. The van der Waals surface area contributed by atoms with E-state index >= 15 is 0 Å². The van der Waals surface area contributed by atoms with Crippen molar-refractivity contribution in [3.8, 4) is 0 Å². The van der Waals surface area contributed by atoms with E-state index in [1.165, 1.54) is 14.2 Å². The van der Waals surface area contributed by atoms with Crippen LogP contribution in [0.4, 0.5) is 5.69 Å². The Balaban J connectivity index is 2.21. The maximum atomic E-state index is 13.0. The first kappa shape index (κ1) is 23.6. The van der Waals surface area contributed by atoms with Gasteiger partial charge in [0.15, 0.2) is 0 Å². The zero-order valence-electron chi connectivity index (χ0n) is 17.2. The summed E-state index contributed by atoms with van der Waals surface area (Å²) in [4.78, 5) is 38.0. The zero-order valence-corrected chi connectivity index (χ0v) is 18.8. The lowest BCUT2D eigenvalue weighted by Gasteiger charge is -2.23. The maximum absolute atomic E-state index is 13.0. The second-order valence-corrected chi connectivity index (χ2v) is 7.50. The minimum Gasteiger partial charge on any atom is -0.465 e. The first-order valence-corrected chi connectivity index (χ1v) is 10.8. The number of carbonyl (C=O) groups excluding carboxylic acids is 3. The van der Waals surface area contributed by atoms with Crippen molar-refractivity contribution in [1.82, 2.24) is 0 Å². The number of methoxy groups -OCH3 is 2. The Morgan fingerprint density at radius 3 is 1.83 bits per heavy atom. The lowest BCUT2D eigenvalue weighted by atomic mass is 10.1. The number of carbonyl (C=O) groups is 3. The van der Waals surface area contributed by atoms with Crippen molar-refractivity contribution in [2.45, 2.75) is 32.2 Å². The number of ether oxygens (including phenoxy) is 2. The van der Waals surface area contributed by atoms with Gasteiger partial charge in [0.05, 0.1) is 31.9 Å². The van der Waals surface area contributed by atoms with Gasteiger partial charge in [0.1, 0.15) is 0 Å². The normalized spacial score (nSPS) is 10.4. The largest absolute Gasteiger partial charge is 0.465 e. The molecule has 0 aliphatic carbocycles. The van der Waals surface area contributed by atoms with Crippen molar-refractivity contribution < 1.29 is 23.9 Å². The van der Waals surface area contributed by atoms with E-state index in [-0.39, 0.29) is 5.91 Å². The van der Waals surface area contributed by atoms with E-state index in [9.17, 15) is 14.4 Å². The van der Waals surface area contributed by atoms with Gasteiger partial charge in [-0.3, -0.25) is 4.79 Å². The molecule has 2 rings (SSSR count). The van der Waals surface area contributed by atoms with Gasteiger partial charge >= 0.3 is 11.9 Å². The molecular weight excluding hydrogens is 450 g/mol. The number of hydrogen-bond donors (Lipinski definition) is 0. The minimum absolute atomic E-state index is 0.00688. The topological polar surface area (TPSA) is 72.9 Å². The van der Waals surface area contributed by atoms with Gasteiger partial charge in [0.2, 0.25) is 5.91 Å². The maximum Gasteiger partial charge on any atom is 0.337 e. The summed E-state index contributed by atoms with van der Waals surface area (Å²) in [5, 5.41) is 0.923. The van der Waals surface area contributed by atoms with Gasteiger partial charge in [-0.25, -0.2) is 9.59 Å². The van der Waals surface area contributed by atoms with E-state index in [0.29, 0.717) is 29.8 Å². The molecule has 2 aromatic carbocycles. The summed E-state index contributed by atoms with van der Waals surface area (Å²) in [5.41, 5.74) is 2.46. The van der Waals surface area contributed by atoms with Gasteiger partial charge in [-0.15, -0.1) is 0 Å². The van der Waals surface area contributed by atoms with Crippen LogP contribution in [0.3, 0.4) is 0 Å². The highest BCUT2D eigenvalue weighted by Gasteiger charge is 2.17. The van der Waals surface area contributed by atoms with Crippen LogP contribution < -0.4 is 4.90 Å². The molecule has 0 spiro atoms. The molecule has 0 heterocycles. The fourth-order valence-corrected chi connectivity index (χ4v) is 3.34. The Kier molecular flexibility index (Phi) is 9.54. The molecule has 0 aromatic heterocycles. The molecular formula is C23H26BrNO5. The third-order valence-electron chi connectivity index (χ3n) is 4.64. The summed E-state index contributed by atoms with van der Waals surface area (Å²) in [6.45, 7) is 0.357. The first-order valence-electron chi connectivity index (χ1n) is 9.72. The average Bonchev–Trinajstić information content (AvgIpc) is 2.79. The number of halogens is 1. The molecule has 0 bridgehead atoms. The number of nitrogens with zero attached hydrogens (tertiary/aromatic N) is 1. The Bertz CT molecular complexity index is 849. The molecule has 6 nitrogen and oxygen atoms in total. The van der Waals surface area contributed by atoms with Crippen LogP contribution >= 0.6 is 15.9 Å². The van der Waals surface area contributed by atoms with Crippen molar-refractivity contribution in [3.05, 3.63) is 65.2 Å². The molecule has 0 saturated heterocycles. The Morgan fingerprint density at radius 1 is 0.800 bits per heavy atom. The number of hydrogen-bond acceptors (Lipinski definition) is 5. The Labute approximate surface area is 185 Å². The summed E-state index contributed by atoms with van der Waals surface area (Å²) < 4.78 is 9.46. The van der Waals surface area contributed by atoms with Gasteiger partial charge in [-0.05, 0) is 54.8 Å². The second kappa shape index (κ2) is 12.1. The van der Waals surface area contributed by atoms with Crippen molar-refractivity contribution >= 4 is 39.5 Å². The lowest BCUT2D eigenvalue weighted by Crippen LogP contribution is -2.30. The van der Waals surface area contributed by atoms with Gasteiger partial charge in [0, 0.05) is 17.4 Å². The average molecular weight is 476 g/mol. The fraction of sp³-hybridized carbons (Fsp3) is 0.348. The molecule has 160 valence electrons. The van der Waals surface area contributed by atoms with E-state index in [2.05, 4.69) is 15.9 Å². The standard InChI is InChI=1S/C23H26BrNO5/c1-29-22(27)18-9-7-17(8-10-18)16-25(21(26)6-4-3-5-15-24)20-13-11-19(12-14-20)23(28)30-2/h7-14H,3-6,15-16H2,1-2H3. The molecule has 0 unspecified atom stereocenters. The molecule has 0 saturated carbocycles. The molecule has 0 radical (unpaired) electrons. The van der Waals surface area contributed by atoms with Crippen LogP contribution in [0.5, 0.6) is 0 Å². The van der Waals surface area contributed by atoms with E-state index < -0.39 is 11.9 Å². The number of rotatable bonds is 10. The second-order valence-electron chi connectivity index (χ2n) is 6.71. The zero-order chi connectivity index (χ0) is 21.9. The predicted molar refractivity (Wildman–Crippen MR) is 119 cm³/mol. The van der Waals surface area contributed by atoms with Gasteiger partial charge in [0.25, 0.3) is 0 Å². The minimum atomic E-state index is -0.424. The van der Waals surface area contributed by atoms with Crippen LogP contribution in [0.2, 0.25) is 0 Å². The lowest BCUT2D eigenvalue weighted by molar-refractivity contribution is -0.118. The Hall–Kier alpha value is -2.67. The van der Waals surface area contributed by atoms with Gasteiger partial charge < -0.3 is 14.4 Å². The van der Waals surface area contributed by atoms with E-state index in [4.69, 9.17) is 9.47 Å². The Morgan fingerprint density at radius 2 is 1.33 bits per heavy atom. The number of unbranched alkanes of at least 4 members (excludes halogenated alkanes) is 2. The fourth-order valence-electron chi connectivity index (χ4n) is 2.95. The van der Waals surface area contributed by atoms with Crippen molar-refractivity contribution in [3.63, 3.8) is 0 Å². The quantitative estimate of drug-likeness (QED) is 0.281. The molecule has 0 N–H and O–H groups in total. The summed E-state index contributed by atoms with van der Waals surface area (Å²) in [6.07, 6.45) is 3.24. The summed E-state index contributed by atoms with van der Waals surface area (Å²) in [5.74, 6) is -0.820. The number of amides is 1. The molecule has 0 fully saturated rings. The van der Waals surface area contributed by atoms with Crippen LogP contribution in [0, 0.1) is 0 Å². The smallest absolute Gasteiger partial charge is 0.337 e. The highest BCUT2D eigenvalue weighted by Crippen LogP contribution is 2.21. The van der Waals surface area contributed by atoms with Crippen LogP contribution in [0.1, 0.15) is 52.0 Å². The molecule has 2 aromatic rings. The third kappa shape index (κ3) is 6.69. The number of alkyl halides is 1. The van der Waals surface area contributed by atoms with Crippen LogP contribution in [0.15, 0.2) is 48.5 Å². The number of benzene rings is 2. The summed E-state index contributed by atoms with van der Waals surface area (Å²) in [6, 6.07) is 13.7. The molecule has 1 amide bonds. The van der Waals surface area contributed by atoms with Crippen molar-refractivity contribution in [2.24, 2.45) is 0 Å². The summed E-state index contributed by atoms with van der Waals surface area (Å²) >= 11 is 3.41. The third-order valence-corrected chi connectivity index (χ3v) is 5.20. The van der Waals surface area contributed by atoms with Gasteiger partial charge in [-0.1, -0.05) is 34.5 Å². The van der Waals surface area contributed by atoms with E-state index in [0.717, 1.165) is 30.2 Å². The van der Waals surface area contributed by atoms with Crippen LogP contribution in [-0.2, 0) is 20.8 Å². The highest BCUT2D eigenvalue weighted by molar-refractivity contribution is 9.09. The summed E-state index contributed by atoms with van der Waals surface area (Å²) in [7, 11) is 2.67. The number of anilines is 1. The van der Waals surface area contributed by atoms with E-state index in [1.807, 2.05) is 0 Å². The molecule has 0 aliphatic heterocycles. The predicted octanol–water partition coefficient (Wildman–Crippen LogP) is 4.75. The molecule has 30 heavy (non-hydrogen) atoms. The molecule has 7 heteroatoms. The van der Waals surface area contributed by atoms with E-state index in [1.54, 1.807) is 53.4 Å². The molecule has 0 atom stereocenters.